The number of ether oxygens (including phenoxy) is 3. The van der Waals surface area contributed by atoms with E-state index < -0.39 is 11.8 Å². The minimum absolute atomic E-state index is 0.00915. The van der Waals surface area contributed by atoms with Gasteiger partial charge in [0.05, 0.1) is 31.8 Å². The number of piperidine rings is 1. The Morgan fingerprint density at radius 2 is 1.75 bits per heavy atom. The van der Waals surface area contributed by atoms with Crippen molar-refractivity contribution in [3.63, 3.8) is 0 Å². The molecule has 1 unspecified atom stereocenters. The normalized spacial score (nSPS) is 24.0. The van der Waals surface area contributed by atoms with Crippen LogP contribution in [0.25, 0.3) is 0 Å². The van der Waals surface area contributed by atoms with E-state index in [0.29, 0.717) is 56.9 Å². The van der Waals surface area contributed by atoms with E-state index in [1.54, 1.807) is 29.2 Å². The first-order valence-electron chi connectivity index (χ1n) is 9.57. The van der Waals surface area contributed by atoms with Crippen LogP contribution in [-0.4, -0.2) is 68.4 Å². The topological polar surface area (TPSA) is 85.4 Å². The molecule has 0 aromatic heterocycles. The Morgan fingerprint density at radius 1 is 1.11 bits per heavy atom. The van der Waals surface area contributed by atoms with Crippen LogP contribution in [0.4, 0.5) is 5.69 Å². The molecule has 1 aromatic rings. The summed E-state index contributed by atoms with van der Waals surface area (Å²) in [6, 6.07) is 6.65. The third-order valence-corrected chi connectivity index (χ3v) is 5.72. The van der Waals surface area contributed by atoms with Crippen LogP contribution in [0.15, 0.2) is 24.3 Å². The summed E-state index contributed by atoms with van der Waals surface area (Å²) in [4.78, 5) is 40.4. The molecule has 1 atom stereocenters. The van der Waals surface area contributed by atoms with Crippen LogP contribution in [0.1, 0.15) is 29.6 Å². The fourth-order valence-electron chi connectivity index (χ4n) is 4.13. The Labute approximate surface area is 163 Å². The van der Waals surface area contributed by atoms with E-state index in [9.17, 15) is 14.4 Å². The molecular formula is C20H24N2O6. The van der Waals surface area contributed by atoms with Gasteiger partial charge >= 0.3 is 5.97 Å². The number of hydrogen-bond acceptors (Lipinski definition) is 6. The van der Waals surface area contributed by atoms with E-state index in [-0.39, 0.29) is 24.2 Å². The van der Waals surface area contributed by atoms with Gasteiger partial charge in [-0.2, -0.15) is 0 Å². The largest absolute Gasteiger partial charge is 0.465 e. The monoisotopic (exact) mass is 388 g/mol. The minimum atomic E-state index is -0.518. The Morgan fingerprint density at radius 3 is 2.36 bits per heavy atom. The standard InChI is InChI=1S/C20H24N2O6/c1-26-19(25)14-2-4-16(5-3-14)22-13-15(12-17(22)23)18(24)21-8-6-20(7-9-21)27-10-11-28-20/h2-5,15H,6-13H2,1H3. The van der Waals surface area contributed by atoms with Gasteiger partial charge in [-0.25, -0.2) is 4.79 Å². The molecule has 8 nitrogen and oxygen atoms in total. The summed E-state index contributed by atoms with van der Waals surface area (Å²) in [5.74, 6) is -1.37. The molecule has 3 aliphatic rings. The lowest BCUT2D eigenvalue weighted by Gasteiger charge is -2.38. The van der Waals surface area contributed by atoms with Gasteiger partial charge in [0.1, 0.15) is 0 Å². The van der Waals surface area contributed by atoms with Crippen molar-refractivity contribution in [2.45, 2.75) is 25.0 Å². The molecule has 3 aliphatic heterocycles. The Hall–Kier alpha value is -2.45. The maximum absolute atomic E-state index is 12.9. The maximum atomic E-state index is 12.9. The predicted octanol–water partition coefficient (Wildman–Crippen LogP) is 1.19. The van der Waals surface area contributed by atoms with Crippen LogP contribution in [0.2, 0.25) is 0 Å². The van der Waals surface area contributed by atoms with Crippen LogP contribution < -0.4 is 4.90 Å². The smallest absolute Gasteiger partial charge is 0.337 e. The zero-order valence-corrected chi connectivity index (χ0v) is 15.9. The molecule has 3 saturated heterocycles. The lowest BCUT2D eigenvalue weighted by molar-refractivity contribution is -0.188. The number of amides is 2. The summed E-state index contributed by atoms with van der Waals surface area (Å²) in [5, 5.41) is 0. The van der Waals surface area contributed by atoms with Crippen molar-refractivity contribution in [1.82, 2.24) is 4.90 Å². The molecule has 0 aliphatic carbocycles. The van der Waals surface area contributed by atoms with Crippen LogP contribution in [0.5, 0.6) is 0 Å². The Bertz CT molecular complexity index is 761. The van der Waals surface area contributed by atoms with E-state index in [4.69, 9.17) is 9.47 Å². The van der Waals surface area contributed by atoms with Crippen LogP contribution >= 0.6 is 0 Å². The maximum Gasteiger partial charge on any atom is 0.337 e. The second kappa shape index (κ2) is 7.52. The predicted molar refractivity (Wildman–Crippen MR) is 98.7 cm³/mol. The van der Waals surface area contributed by atoms with Gasteiger partial charge in [-0.3, -0.25) is 9.59 Å². The molecule has 8 heteroatoms. The van der Waals surface area contributed by atoms with Gasteiger partial charge in [0.15, 0.2) is 5.79 Å². The number of nitrogens with zero attached hydrogens (tertiary/aromatic N) is 2. The molecule has 1 aromatic carbocycles. The average Bonchev–Trinajstić information content (AvgIpc) is 3.34. The Kier molecular flexibility index (Phi) is 5.07. The van der Waals surface area contributed by atoms with Crippen molar-refractivity contribution < 1.29 is 28.6 Å². The summed E-state index contributed by atoms with van der Waals surface area (Å²) >= 11 is 0. The zero-order chi connectivity index (χ0) is 19.7. The van der Waals surface area contributed by atoms with Gasteiger partial charge in [-0.15, -0.1) is 0 Å². The van der Waals surface area contributed by atoms with E-state index >= 15 is 0 Å². The van der Waals surface area contributed by atoms with Crippen molar-refractivity contribution in [3.05, 3.63) is 29.8 Å². The van der Waals surface area contributed by atoms with Crippen molar-refractivity contribution in [2.75, 3.05) is 44.9 Å². The third-order valence-electron chi connectivity index (χ3n) is 5.72. The van der Waals surface area contributed by atoms with Crippen molar-refractivity contribution in [2.24, 2.45) is 5.92 Å². The Balaban J connectivity index is 1.37. The first-order valence-corrected chi connectivity index (χ1v) is 9.57. The first-order chi connectivity index (χ1) is 13.5. The summed E-state index contributed by atoms with van der Waals surface area (Å²) in [5.41, 5.74) is 1.10. The molecular weight excluding hydrogens is 364 g/mol. The number of methoxy groups -OCH3 is 1. The third kappa shape index (κ3) is 3.49. The molecule has 28 heavy (non-hydrogen) atoms. The van der Waals surface area contributed by atoms with Crippen LogP contribution in [0.3, 0.4) is 0 Å². The van der Waals surface area contributed by atoms with Gasteiger partial charge in [0.2, 0.25) is 11.8 Å². The lowest BCUT2D eigenvalue weighted by Crippen LogP contribution is -2.49. The quantitative estimate of drug-likeness (QED) is 0.723. The SMILES string of the molecule is COC(=O)c1ccc(N2CC(C(=O)N3CCC4(CC3)OCCO4)CC2=O)cc1. The van der Waals surface area contributed by atoms with Crippen molar-refractivity contribution >= 4 is 23.5 Å². The minimum Gasteiger partial charge on any atom is -0.465 e. The highest BCUT2D eigenvalue weighted by Crippen LogP contribution is 2.33. The molecule has 0 bridgehead atoms. The molecule has 0 saturated carbocycles. The summed E-state index contributed by atoms with van der Waals surface area (Å²) in [6.07, 6.45) is 1.53. The summed E-state index contributed by atoms with van der Waals surface area (Å²) < 4.78 is 16.1. The number of anilines is 1. The van der Waals surface area contributed by atoms with E-state index in [0.717, 1.165) is 0 Å². The highest BCUT2D eigenvalue weighted by molar-refractivity contribution is 6.00. The molecule has 1 spiro atoms. The highest BCUT2D eigenvalue weighted by atomic mass is 16.7. The van der Waals surface area contributed by atoms with Gasteiger partial charge in [0.25, 0.3) is 0 Å². The second-order valence-corrected chi connectivity index (χ2v) is 7.38. The van der Waals surface area contributed by atoms with E-state index in [1.165, 1.54) is 7.11 Å². The first kappa shape index (κ1) is 18.9. The van der Waals surface area contributed by atoms with Gasteiger partial charge in [-0.05, 0) is 24.3 Å². The lowest BCUT2D eigenvalue weighted by atomic mass is 10.0. The molecule has 3 heterocycles. The molecule has 0 N–H and O–H groups in total. The van der Waals surface area contributed by atoms with Gasteiger partial charge in [0, 0.05) is 44.6 Å². The second-order valence-electron chi connectivity index (χ2n) is 7.38. The van der Waals surface area contributed by atoms with E-state index in [1.807, 2.05) is 4.90 Å². The number of rotatable bonds is 3. The van der Waals surface area contributed by atoms with Crippen LogP contribution in [-0.2, 0) is 23.8 Å². The number of benzene rings is 1. The van der Waals surface area contributed by atoms with Crippen LogP contribution in [0, 0.1) is 5.92 Å². The average molecular weight is 388 g/mol. The number of carbonyl (C=O) groups is 3. The number of carbonyl (C=O) groups excluding carboxylic acids is 3. The fourth-order valence-corrected chi connectivity index (χ4v) is 4.13. The molecule has 4 rings (SSSR count). The molecule has 2 amide bonds. The van der Waals surface area contributed by atoms with E-state index in [2.05, 4.69) is 4.74 Å². The highest BCUT2D eigenvalue weighted by Gasteiger charge is 2.43. The van der Waals surface area contributed by atoms with Gasteiger partial charge in [-0.1, -0.05) is 0 Å². The summed E-state index contributed by atoms with van der Waals surface area (Å²) in [7, 11) is 1.32. The zero-order valence-electron chi connectivity index (χ0n) is 15.9. The molecule has 3 fully saturated rings. The summed E-state index contributed by atoms with van der Waals surface area (Å²) in [6.45, 7) is 2.72. The van der Waals surface area contributed by atoms with Crippen molar-refractivity contribution in [1.29, 1.82) is 0 Å². The molecule has 0 radical (unpaired) electrons. The number of likely N-dealkylation sites (tertiary alicyclic amines) is 1. The fraction of sp³-hybridized carbons (Fsp3) is 0.550. The number of esters is 1. The van der Waals surface area contributed by atoms with Gasteiger partial charge < -0.3 is 24.0 Å². The molecule has 150 valence electrons. The number of hydrogen-bond donors (Lipinski definition) is 0. The van der Waals surface area contributed by atoms with Crippen molar-refractivity contribution in [3.8, 4) is 0 Å².